The molecule has 0 spiro atoms. The third-order valence-electron chi connectivity index (χ3n) is 4.66. The van der Waals surface area contributed by atoms with E-state index in [4.69, 9.17) is 25.7 Å². The lowest BCUT2D eigenvalue weighted by atomic mass is 10.2. The molecule has 1 aromatic carbocycles. The predicted octanol–water partition coefficient (Wildman–Crippen LogP) is 3.26. The number of furan rings is 1. The van der Waals surface area contributed by atoms with E-state index in [-0.39, 0.29) is 5.91 Å². The number of hydrogen-bond donors (Lipinski definition) is 1. The van der Waals surface area contributed by atoms with E-state index in [1.165, 1.54) is 6.26 Å². The molecule has 8 heteroatoms. The fourth-order valence-corrected chi connectivity index (χ4v) is 3.37. The number of amides is 1. The zero-order valence-electron chi connectivity index (χ0n) is 16.9. The first-order chi connectivity index (χ1) is 14.1. The topological polar surface area (TPSA) is 70.3 Å². The molecule has 0 aliphatic carbocycles. The smallest absolute Gasteiger partial charge is 0.289 e. The van der Waals surface area contributed by atoms with Crippen molar-refractivity contribution in [1.29, 1.82) is 0 Å². The molecule has 0 radical (unpaired) electrons. The van der Waals surface area contributed by atoms with E-state index < -0.39 is 0 Å². The summed E-state index contributed by atoms with van der Waals surface area (Å²) in [6.45, 7) is 8.46. The SMILES string of the molecule is CCNC(=NCc1ccc(Cl)cc1OCC)N1CCN(C(=O)c2ccco2)CC1. The largest absolute Gasteiger partial charge is 0.493 e. The Morgan fingerprint density at radius 2 is 1.97 bits per heavy atom. The monoisotopic (exact) mass is 418 g/mol. The Balaban J connectivity index is 1.65. The molecule has 7 nitrogen and oxygen atoms in total. The summed E-state index contributed by atoms with van der Waals surface area (Å²) >= 11 is 6.09. The first kappa shape index (κ1) is 21.0. The van der Waals surface area contributed by atoms with Crippen molar-refractivity contribution in [2.75, 3.05) is 39.3 Å². The first-order valence-electron chi connectivity index (χ1n) is 9.89. The number of halogens is 1. The Kier molecular flexibility index (Phi) is 7.41. The molecule has 3 rings (SSSR count). The number of carbonyl (C=O) groups excluding carboxylic acids is 1. The molecule has 0 unspecified atom stereocenters. The molecule has 1 N–H and O–H groups in total. The Morgan fingerprint density at radius 3 is 2.62 bits per heavy atom. The van der Waals surface area contributed by atoms with Gasteiger partial charge in [0.25, 0.3) is 5.91 Å². The van der Waals surface area contributed by atoms with E-state index in [9.17, 15) is 4.79 Å². The van der Waals surface area contributed by atoms with Gasteiger partial charge in [-0.25, -0.2) is 4.99 Å². The van der Waals surface area contributed by atoms with Gasteiger partial charge in [0.15, 0.2) is 11.7 Å². The Bertz CT molecular complexity index is 830. The summed E-state index contributed by atoms with van der Waals surface area (Å²) in [6, 6.07) is 9.04. The number of carbonyl (C=O) groups is 1. The number of piperazine rings is 1. The fraction of sp³-hybridized carbons (Fsp3) is 0.429. The maximum absolute atomic E-state index is 12.4. The Hall–Kier alpha value is -2.67. The van der Waals surface area contributed by atoms with Crippen molar-refractivity contribution in [2.45, 2.75) is 20.4 Å². The van der Waals surface area contributed by atoms with Crippen molar-refractivity contribution in [3.05, 3.63) is 52.9 Å². The molecule has 0 atom stereocenters. The minimum atomic E-state index is -0.0703. The van der Waals surface area contributed by atoms with Gasteiger partial charge in [-0.2, -0.15) is 0 Å². The number of guanidine groups is 1. The number of nitrogens with one attached hydrogen (secondary N) is 1. The van der Waals surface area contributed by atoms with Gasteiger partial charge in [-0.3, -0.25) is 4.79 Å². The van der Waals surface area contributed by atoms with Crippen molar-refractivity contribution in [3.8, 4) is 5.75 Å². The highest BCUT2D eigenvalue weighted by Crippen LogP contribution is 2.24. The Morgan fingerprint density at radius 1 is 1.21 bits per heavy atom. The van der Waals surface area contributed by atoms with Crippen LogP contribution in [0.15, 0.2) is 46.0 Å². The van der Waals surface area contributed by atoms with Crippen LogP contribution in [-0.2, 0) is 6.54 Å². The number of benzene rings is 1. The fourth-order valence-electron chi connectivity index (χ4n) is 3.21. The summed E-state index contributed by atoms with van der Waals surface area (Å²) in [5.74, 6) is 1.90. The van der Waals surface area contributed by atoms with Crippen LogP contribution in [0.4, 0.5) is 0 Å². The molecule has 2 aromatic rings. The number of rotatable bonds is 6. The van der Waals surface area contributed by atoms with Gasteiger partial charge in [-0.1, -0.05) is 17.7 Å². The quantitative estimate of drug-likeness (QED) is 0.576. The number of hydrogen-bond acceptors (Lipinski definition) is 4. The van der Waals surface area contributed by atoms with E-state index in [0.29, 0.717) is 50.1 Å². The lowest BCUT2D eigenvalue weighted by Gasteiger charge is -2.36. The van der Waals surface area contributed by atoms with Crippen LogP contribution in [0, 0.1) is 0 Å². The Labute approximate surface area is 176 Å². The molecule has 1 saturated heterocycles. The van der Waals surface area contributed by atoms with Gasteiger partial charge in [-0.05, 0) is 38.1 Å². The maximum Gasteiger partial charge on any atom is 0.289 e. The summed E-state index contributed by atoms with van der Waals surface area (Å²) in [5, 5.41) is 3.99. The predicted molar refractivity (Wildman–Crippen MR) is 114 cm³/mol. The highest BCUT2D eigenvalue weighted by atomic mass is 35.5. The standard InChI is InChI=1S/C21H27ClN4O3/c1-3-23-21(24-15-16-7-8-17(22)14-19(16)28-4-2)26-11-9-25(10-12-26)20(27)18-6-5-13-29-18/h5-8,13-14H,3-4,9-12,15H2,1-2H3,(H,23,24). The molecule has 1 amide bonds. The number of aliphatic imine (C=N–C) groups is 1. The maximum atomic E-state index is 12.4. The lowest BCUT2D eigenvalue weighted by Crippen LogP contribution is -2.53. The highest BCUT2D eigenvalue weighted by molar-refractivity contribution is 6.30. The average molecular weight is 419 g/mol. The zero-order valence-corrected chi connectivity index (χ0v) is 17.6. The van der Waals surface area contributed by atoms with Crippen molar-refractivity contribution in [1.82, 2.24) is 15.1 Å². The van der Waals surface area contributed by atoms with Gasteiger partial charge in [0.05, 0.1) is 19.4 Å². The number of ether oxygens (including phenoxy) is 1. The molecule has 0 bridgehead atoms. The van der Waals surface area contributed by atoms with Crippen LogP contribution in [0.1, 0.15) is 30.0 Å². The first-order valence-corrected chi connectivity index (χ1v) is 10.3. The summed E-state index contributed by atoms with van der Waals surface area (Å²) < 4.78 is 10.9. The molecular weight excluding hydrogens is 392 g/mol. The number of nitrogens with zero attached hydrogens (tertiary/aromatic N) is 3. The second-order valence-corrected chi connectivity index (χ2v) is 7.05. The van der Waals surface area contributed by atoms with Gasteiger partial charge in [0, 0.05) is 43.3 Å². The zero-order chi connectivity index (χ0) is 20.6. The second kappa shape index (κ2) is 10.2. The van der Waals surface area contributed by atoms with Crippen LogP contribution >= 0.6 is 11.6 Å². The van der Waals surface area contributed by atoms with E-state index in [1.54, 1.807) is 12.1 Å². The molecule has 1 fully saturated rings. The third kappa shape index (κ3) is 5.44. The van der Waals surface area contributed by atoms with Crippen molar-refractivity contribution >= 4 is 23.5 Å². The molecule has 1 aromatic heterocycles. The van der Waals surface area contributed by atoms with E-state index >= 15 is 0 Å². The summed E-state index contributed by atoms with van der Waals surface area (Å²) in [7, 11) is 0. The van der Waals surface area contributed by atoms with Crippen LogP contribution in [0.2, 0.25) is 5.02 Å². The summed E-state index contributed by atoms with van der Waals surface area (Å²) in [5.41, 5.74) is 0.985. The highest BCUT2D eigenvalue weighted by Gasteiger charge is 2.25. The average Bonchev–Trinajstić information content (AvgIpc) is 3.27. The normalized spacial score (nSPS) is 14.8. The third-order valence-corrected chi connectivity index (χ3v) is 4.90. The summed E-state index contributed by atoms with van der Waals surface area (Å²) in [4.78, 5) is 21.2. The van der Waals surface area contributed by atoms with Gasteiger partial charge >= 0.3 is 0 Å². The lowest BCUT2D eigenvalue weighted by molar-refractivity contribution is 0.0657. The minimum absolute atomic E-state index is 0.0703. The van der Waals surface area contributed by atoms with Gasteiger partial charge in [0.2, 0.25) is 0 Å². The van der Waals surface area contributed by atoms with Gasteiger partial charge < -0.3 is 24.3 Å². The second-order valence-electron chi connectivity index (χ2n) is 6.61. The van der Waals surface area contributed by atoms with E-state index in [2.05, 4.69) is 10.2 Å². The molecule has 1 aliphatic heterocycles. The van der Waals surface area contributed by atoms with E-state index in [1.807, 2.05) is 36.9 Å². The van der Waals surface area contributed by atoms with E-state index in [0.717, 1.165) is 23.8 Å². The van der Waals surface area contributed by atoms with Gasteiger partial charge in [-0.15, -0.1) is 0 Å². The molecule has 156 valence electrons. The van der Waals surface area contributed by atoms with Crippen molar-refractivity contribution < 1.29 is 13.9 Å². The van der Waals surface area contributed by atoms with Crippen molar-refractivity contribution in [3.63, 3.8) is 0 Å². The van der Waals surface area contributed by atoms with Crippen molar-refractivity contribution in [2.24, 2.45) is 4.99 Å². The van der Waals surface area contributed by atoms with Crippen LogP contribution in [0.5, 0.6) is 5.75 Å². The molecule has 29 heavy (non-hydrogen) atoms. The van der Waals surface area contributed by atoms with Gasteiger partial charge in [0.1, 0.15) is 5.75 Å². The van der Waals surface area contributed by atoms with Crippen LogP contribution in [0.25, 0.3) is 0 Å². The molecule has 1 aliphatic rings. The molecule has 2 heterocycles. The summed E-state index contributed by atoms with van der Waals surface area (Å²) in [6.07, 6.45) is 1.52. The minimum Gasteiger partial charge on any atom is -0.493 e. The molecular formula is C21H27ClN4O3. The van der Waals surface area contributed by atoms with Crippen LogP contribution < -0.4 is 10.1 Å². The van der Waals surface area contributed by atoms with Crippen LogP contribution in [-0.4, -0.2) is 61.0 Å². The van der Waals surface area contributed by atoms with Crippen LogP contribution in [0.3, 0.4) is 0 Å². The molecule has 0 saturated carbocycles.